The highest BCUT2D eigenvalue weighted by Gasteiger charge is 2.33. The Morgan fingerprint density at radius 3 is 1.46 bits per heavy atom. The van der Waals surface area contributed by atoms with Gasteiger partial charge >= 0.3 is 0 Å². The number of nitrogens with zero attached hydrogens (tertiary/aromatic N) is 2. The van der Waals surface area contributed by atoms with E-state index in [2.05, 4.69) is 31.2 Å². The summed E-state index contributed by atoms with van der Waals surface area (Å²) in [4.78, 5) is 0. The van der Waals surface area contributed by atoms with Crippen LogP contribution in [0.2, 0.25) is 0 Å². The van der Waals surface area contributed by atoms with Gasteiger partial charge in [0.2, 0.25) is 0 Å². The van der Waals surface area contributed by atoms with Gasteiger partial charge in [-0.15, -0.1) is 20.5 Å². The first kappa shape index (κ1) is 35.1. The second kappa shape index (κ2) is 16.6. The van der Waals surface area contributed by atoms with Gasteiger partial charge in [0.25, 0.3) is 0 Å². The third-order valence-electron chi connectivity index (χ3n) is 6.05. The van der Waals surface area contributed by atoms with Crippen molar-refractivity contribution in [2.24, 2.45) is 0 Å². The summed E-state index contributed by atoms with van der Waals surface area (Å²) in [6.45, 7) is 13.8. The van der Waals surface area contributed by atoms with Crippen molar-refractivity contribution in [1.82, 2.24) is 10.1 Å². The third kappa shape index (κ3) is 11.2. The lowest BCUT2D eigenvalue weighted by Gasteiger charge is -2.33. The van der Waals surface area contributed by atoms with E-state index in [0.717, 1.165) is 16.9 Å². The Balaban J connectivity index is 1.68. The first-order valence-corrected chi connectivity index (χ1v) is 20.7. The average Bonchev–Trinajstić information content (AvgIpc) is 2.94. The van der Waals surface area contributed by atoms with E-state index in [0.29, 0.717) is 0 Å². The van der Waals surface area contributed by atoms with Crippen LogP contribution in [-0.2, 0) is 10.4 Å². The molecule has 0 heterocycles. The zero-order valence-electron chi connectivity index (χ0n) is 24.7. The fraction of sp³-hybridized carbons (Fsp3) is 0.419. The monoisotopic (exact) mass is 664 g/mol. The fourth-order valence-corrected chi connectivity index (χ4v) is 13.8. The smallest absolute Gasteiger partial charge is 0.120 e. The standard InChI is InChI=1S/C31H40N2O2S6/c1-23-18-20-24(21-19-23)27(37-41-39-29(33(35)31(5,6)7)26-16-12-9-13-17-26)22-36-40-38-28(32(34)30(2,3)4)25-14-10-8-11-15-25/h8-21,27-29H,22H2,1-7H3. The minimum Gasteiger partial charge on any atom is -0.131 e. The van der Waals surface area contributed by atoms with E-state index in [-0.39, 0.29) is 16.0 Å². The van der Waals surface area contributed by atoms with E-state index >= 15 is 0 Å². The second-order valence-corrected chi connectivity index (χ2v) is 20.2. The molecule has 3 rings (SSSR count). The van der Waals surface area contributed by atoms with Gasteiger partial charge in [-0.3, -0.25) is 0 Å². The molecule has 3 unspecified atom stereocenters. The lowest BCUT2D eigenvalue weighted by atomic mass is 10.1. The van der Waals surface area contributed by atoms with Crippen LogP contribution in [0, 0.1) is 6.92 Å². The molecule has 0 aliphatic carbocycles. The molecule has 0 aliphatic heterocycles. The van der Waals surface area contributed by atoms with Crippen LogP contribution in [0.15, 0.2) is 84.9 Å². The van der Waals surface area contributed by atoms with Crippen molar-refractivity contribution in [2.75, 3.05) is 5.75 Å². The Morgan fingerprint density at radius 2 is 1.02 bits per heavy atom. The summed E-state index contributed by atoms with van der Waals surface area (Å²) >= 11 is 0. The van der Waals surface area contributed by atoms with Crippen LogP contribution in [-0.4, -0.2) is 27.0 Å². The van der Waals surface area contributed by atoms with E-state index in [1.807, 2.05) is 102 Å². The molecule has 0 saturated heterocycles. The molecule has 3 aromatic rings. The van der Waals surface area contributed by atoms with Crippen molar-refractivity contribution in [3.63, 3.8) is 0 Å². The van der Waals surface area contributed by atoms with Crippen LogP contribution in [0.1, 0.15) is 79.8 Å². The Bertz CT molecular complexity index is 1160. The van der Waals surface area contributed by atoms with Gasteiger partial charge < -0.3 is 0 Å². The van der Waals surface area contributed by atoms with Crippen LogP contribution in [0.5, 0.6) is 0 Å². The molecule has 0 saturated carbocycles. The predicted octanol–water partition coefficient (Wildman–Crippen LogP) is 11.4. The van der Waals surface area contributed by atoms with E-state index < -0.39 is 11.1 Å². The summed E-state index contributed by atoms with van der Waals surface area (Å²) in [7, 11) is 10.1. The molecule has 10 heteroatoms. The van der Waals surface area contributed by atoms with E-state index in [4.69, 9.17) is 0 Å². The summed E-state index contributed by atoms with van der Waals surface area (Å²) in [5, 5.41) is 28.6. The first-order chi connectivity index (χ1) is 19.4. The fourth-order valence-electron chi connectivity index (χ4n) is 3.62. The van der Waals surface area contributed by atoms with Gasteiger partial charge in [-0.2, -0.15) is 0 Å². The number of rotatable bonds is 14. The van der Waals surface area contributed by atoms with Crippen LogP contribution >= 0.6 is 62.8 Å². The predicted molar refractivity (Wildman–Crippen MR) is 187 cm³/mol. The largest absolute Gasteiger partial charge is 0.131 e. The van der Waals surface area contributed by atoms with Gasteiger partial charge in [-0.25, -0.2) is 0 Å². The molecule has 0 amide bonds. The number of hydrogen-bond donors (Lipinski definition) is 0. The summed E-state index contributed by atoms with van der Waals surface area (Å²) in [5.41, 5.74) is 3.52. The van der Waals surface area contributed by atoms with Crippen LogP contribution in [0.4, 0.5) is 0 Å². The molecule has 0 fully saturated rings. The normalized spacial score (nSPS) is 14.8. The topological polar surface area (TPSA) is 46.3 Å². The molecule has 0 aromatic heterocycles. The Kier molecular flexibility index (Phi) is 14.2. The summed E-state index contributed by atoms with van der Waals surface area (Å²) in [6, 6.07) is 28.7. The highest BCUT2D eigenvalue weighted by atomic mass is 33.5. The van der Waals surface area contributed by atoms with Crippen molar-refractivity contribution in [2.45, 2.75) is 75.5 Å². The lowest BCUT2D eigenvalue weighted by Crippen LogP contribution is -2.39. The quantitative estimate of drug-likeness (QED) is 0.0730. The molecule has 4 nitrogen and oxygen atoms in total. The van der Waals surface area contributed by atoms with Crippen molar-refractivity contribution < 1.29 is 10.4 Å². The average molecular weight is 665 g/mol. The Morgan fingerprint density at radius 1 is 0.585 bits per heavy atom. The van der Waals surface area contributed by atoms with Crippen LogP contribution < -0.4 is 0 Å². The number of benzene rings is 3. The van der Waals surface area contributed by atoms with Crippen molar-refractivity contribution in [3.05, 3.63) is 107 Å². The molecule has 0 N–H and O–H groups in total. The highest BCUT2D eigenvalue weighted by Crippen LogP contribution is 2.55. The Hall–Kier alpha value is -0.400. The summed E-state index contributed by atoms with van der Waals surface area (Å²) in [6.07, 6.45) is 0. The van der Waals surface area contributed by atoms with Gasteiger partial charge in [0.15, 0.2) is 0 Å². The maximum Gasteiger partial charge on any atom is 0.120 e. The molecule has 3 atom stereocenters. The van der Waals surface area contributed by atoms with Crippen molar-refractivity contribution in [3.8, 4) is 0 Å². The van der Waals surface area contributed by atoms with Gasteiger partial charge in [0, 0.05) is 16.8 Å². The maximum absolute atomic E-state index is 13.3. The SMILES string of the molecule is Cc1ccc(C(CSSSC(c2ccccc2)N([O])C(C)(C)C)SSSC(c2ccccc2)N([O])C(C)(C)C)cc1. The summed E-state index contributed by atoms with van der Waals surface area (Å²) < 4.78 is 0. The number of hydroxylamine groups is 4. The van der Waals surface area contributed by atoms with Gasteiger partial charge in [0.05, 0.1) is 5.25 Å². The lowest BCUT2D eigenvalue weighted by molar-refractivity contribution is -0.222. The minimum absolute atomic E-state index is 0.221. The van der Waals surface area contributed by atoms with Crippen molar-refractivity contribution in [1.29, 1.82) is 0 Å². The zero-order valence-corrected chi connectivity index (χ0v) is 29.6. The molecule has 0 aliphatic rings. The van der Waals surface area contributed by atoms with Gasteiger partial charge in [-0.1, -0.05) is 134 Å². The van der Waals surface area contributed by atoms with Crippen LogP contribution in [0.3, 0.4) is 0 Å². The number of hydrogen-bond acceptors (Lipinski definition) is 8. The van der Waals surface area contributed by atoms with E-state index in [1.165, 1.54) is 21.3 Å². The van der Waals surface area contributed by atoms with Crippen molar-refractivity contribution >= 4 is 62.8 Å². The molecule has 2 radical (unpaired) electrons. The molecule has 0 bridgehead atoms. The molecule has 3 aromatic carbocycles. The van der Waals surface area contributed by atoms with Gasteiger partial charge in [0.1, 0.15) is 10.7 Å². The Labute approximate surface area is 270 Å². The maximum atomic E-state index is 13.3. The van der Waals surface area contributed by atoms with E-state index in [9.17, 15) is 10.4 Å². The summed E-state index contributed by atoms with van der Waals surface area (Å²) in [5.74, 6) is 0.866. The third-order valence-corrected chi connectivity index (χ3v) is 15.2. The zero-order chi connectivity index (χ0) is 30.0. The second-order valence-electron chi connectivity index (χ2n) is 11.6. The van der Waals surface area contributed by atoms with E-state index in [1.54, 1.807) is 62.8 Å². The molecular formula is C31H40N2O2S6. The molecule has 0 spiro atoms. The van der Waals surface area contributed by atoms with Gasteiger partial charge in [-0.05, 0) is 84.8 Å². The molecular weight excluding hydrogens is 625 g/mol. The molecule has 222 valence electrons. The minimum atomic E-state index is -0.503. The first-order valence-electron chi connectivity index (χ1n) is 13.4. The highest BCUT2D eigenvalue weighted by molar-refractivity contribution is 9.10. The molecule has 41 heavy (non-hydrogen) atoms. The van der Waals surface area contributed by atoms with Crippen LogP contribution in [0.25, 0.3) is 0 Å². The number of aryl methyl sites for hydroxylation is 1.